The fourth-order valence-corrected chi connectivity index (χ4v) is 21.4. The van der Waals surface area contributed by atoms with E-state index in [2.05, 4.69) is 0 Å². The van der Waals surface area contributed by atoms with Gasteiger partial charge < -0.3 is 59.7 Å². The van der Waals surface area contributed by atoms with Gasteiger partial charge >= 0.3 is 33.8 Å². The fraction of sp³-hybridized carbons (Fsp3) is 0.0900. The SMILES string of the molecule is COc1ccc(S(=O)(=O)c2cc3ccc(OC)cc3oc2=O)cc1.COc1ccc2cc(S(=O)(=O)c3cc(F)cc(F)c3)c(=O)oc2c1.COc1ccc2cc(S(=O)(=O)c3ccc(C)c(Cl)c3)c(=O)oc2c1.COc1ccc2cc(S(=O)(=O)c3ccc(C)cc3)c(=O)oc2c1.COc1ccc2cc(S(=O)(=O)c3cccc(C#N)c3)c(=O)oc2c1.COc1ccc2cc(S(=O)(=O)c3ccccc3)c(=O)oc2c1. The van der Waals surface area contributed by atoms with Gasteiger partial charge in [0.1, 0.15) is 85.4 Å². The van der Waals surface area contributed by atoms with Crippen molar-refractivity contribution in [2.75, 3.05) is 49.8 Å². The van der Waals surface area contributed by atoms with Crippen LogP contribution in [0.5, 0.6) is 40.2 Å². The van der Waals surface area contributed by atoms with Gasteiger partial charge in [-0.15, -0.1) is 0 Å². The number of hydrogen-bond donors (Lipinski definition) is 0. The Hall–Kier alpha value is -16.2. The lowest BCUT2D eigenvalue weighted by atomic mass is 10.2. The van der Waals surface area contributed by atoms with Gasteiger partial charge in [-0.3, -0.25) is 0 Å². The first-order valence-corrected chi connectivity index (χ1v) is 50.0. The van der Waals surface area contributed by atoms with E-state index in [1.54, 1.807) is 116 Å². The van der Waals surface area contributed by atoms with E-state index in [9.17, 15) is 88.1 Å². The van der Waals surface area contributed by atoms with E-state index < -0.39 is 129 Å². The van der Waals surface area contributed by atoms with Crippen LogP contribution in [0.1, 0.15) is 16.7 Å². The predicted molar refractivity (Wildman–Crippen MR) is 511 cm³/mol. The molecule has 6 heterocycles. The number of nitrogens with zero attached hydrogens (tertiary/aromatic N) is 1. The lowest BCUT2D eigenvalue weighted by molar-refractivity contribution is 0.413. The van der Waals surface area contributed by atoms with Crippen molar-refractivity contribution < 1.29 is 119 Å². The molecule has 141 heavy (non-hydrogen) atoms. The normalized spacial score (nSPS) is 11.5. The molecule has 41 heteroatoms. The van der Waals surface area contributed by atoms with Crippen LogP contribution < -0.4 is 66.9 Å². The van der Waals surface area contributed by atoms with Gasteiger partial charge in [0.15, 0.2) is 29.4 Å². The summed E-state index contributed by atoms with van der Waals surface area (Å²) in [5.41, 5.74) is -2.50. The third-order valence-corrected chi connectivity index (χ3v) is 31.7. The molecule has 0 aliphatic carbocycles. The number of rotatable bonds is 19. The number of ether oxygens (including phenoxy) is 7. The summed E-state index contributed by atoms with van der Waals surface area (Å²) >= 11 is 6.00. The minimum atomic E-state index is -4.44. The van der Waals surface area contributed by atoms with Crippen molar-refractivity contribution in [2.45, 2.75) is 72.6 Å². The number of fused-ring (bicyclic) bond motifs is 6. The molecule has 0 fully saturated rings. The molecule has 0 unspecified atom stereocenters. The lowest BCUT2D eigenvalue weighted by Crippen LogP contribution is -2.14. The van der Waals surface area contributed by atoms with Crippen molar-refractivity contribution in [1.82, 2.24) is 0 Å². The van der Waals surface area contributed by atoms with Crippen LogP contribution in [0.25, 0.3) is 65.8 Å². The standard InChI is InChI=1S/C17H13ClO5S.C17H11NO5S.C17H14O6S.C17H14O5S.C16H10F2O5S.C16H12O5S/c1-10-3-6-13(9-14(10)18)24(20,21)16-7-11-4-5-12(22-2)8-15(11)23-17(16)19;1-22-13-6-5-12-8-16(17(19)23-15(12)9-13)24(20,21)14-4-2-3-11(7-14)10-18;1-21-12-5-7-14(8-6-12)24(19,20)16-9-11-3-4-13(22-2)10-15(11)23-17(16)18;1-11-3-7-14(8-4-11)23(19,20)16-9-12-5-6-13(21-2)10-15(12)22-17(16)18;1-22-12-3-2-9-4-15(16(19)23-14(9)8-12)24(20,21)13-6-10(17)5-11(18)7-13;1-20-12-8-7-11-9-15(16(17)21-14(11)10-12)22(18,19)13-5-3-2-4-6-13/h3-9H,1-2H3;2-9H,1H3;3-10H,1-2H3;3-10H,1-2H3;2-8H,1H3;2-10H,1H3. The molecule has 0 amide bonds. The summed E-state index contributed by atoms with van der Waals surface area (Å²) in [4.78, 5) is 69.2. The maximum atomic E-state index is 13.3. The van der Waals surface area contributed by atoms with Gasteiger partial charge in [0.25, 0.3) is 0 Å². The maximum absolute atomic E-state index is 13.3. The Bertz CT molecular complexity index is 9130. The Kier molecular flexibility index (Phi) is 30.8. The second kappa shape index (κ2) is 42.4. The first-order chi connectivity index (χ1) is 67.0. The molecule has 0 atom stereocenters. The summed E-state index contributed by atoms with van der Waals surface area (Å²) in [6, 6.07) is 69.5. The molecule has 0 spiro atoms. The Labute approximate surface area is 804 Å². The van der Waals surface area contributed by atoms with Gasteiger partial charge in [-0.05, 0) is 220 Å². The van der Waals surface area contributed by atoms with E-state index in [-0.39, 0.29) is 73.3 Å². The summed E-state index contributed by atoms with van der Waals surface area (Å²) in [7, 11) is -14.1. The van der Waals surface area contributed by atoms with E-state index in [0.29, 0.717) is 95.8 Å². The Morgan fingerprint density at radius 1 is 0.255 bits per heavy atom. The molecule has 0 N–H and O–H groups in total. The summed E-state index contributed by atoms with van der Waals surface area (Å²) in [5.74, 6) is 1.36. The van der Waals surface area contributed by atoms with E-state index in [0.717, 1.165) is 17.2 Å². The molecule has 0 aliphatic heterocycles. The average Bonchev–Trinajstić information content (AvgIpc) is 0.774. The number of methoxy groups -OCH3 is 7. The van der Waals surface area contributed by atoms with Crippen LogP contribution in [-0.2, 0) is 59.0 Å². The molecule has 18 aromatic rings. The molecule has 0 saturated heterocycles. The molecular formula is C100H74ClF2NO31S6. The van der Waals surface area contributed by atoms with Gasteiger partial charge in [-0.1, -0.05) is 59.6 Å². The highest BCUT2D eigenvalue weighted by atomic mass is 35.5. The average molecular weight is 2050 g/mol. The number of hydrogen-bond acceptors (Lipinski definition) is 32. The predicted octanol–water partition coefficient (Wildman–Crippen LogP) is 17.2. The highest BCUT2D eigenvalue weighted by Crippen LogP contribution is 2.35. The Balaban J connectivity index is 0.000000142. The molecule has 0 aliphatic rings. The molecular weight excluding hydrogens is 1980 g/mol. The largest absolute Gasteiger partial charge is 0.497 e. The molecule has 0 radical (unpaired) electrons. The highest BCUT2D eigenvalue weighted by molar-refractivity contribution is 7.93. The first-order valence-electron chi connectivity index (χ1n) is 40.7. The molecule has 0 saturated carbocycles. The van der Waals surface area contributed by atoms with Gasteiger partial charge in [-0.2, -0.15) is 5.26 Å². The molecule has 18 rings (SSSR count). The van der Waals surface area contributed by atoms with Crippen LogP contribution >= 0.6 is 11.6 Å². The molecule has 0 bridgehead atoms. The van der Waals surface area contributed by atoms with E-state index in [1.165, 1.54) is 201 Å². The van der Waals surface area contributed by atoms with Crippen LogP contribution in [0.2, 0.25) is 5.02 Å². The van der Waals surface area contributed by atoms with Crippen LogP contribution in [0.3, 0.4) is 0 Å². The monoisotopic (exact) mass is 2050 g/mol. The van der Waals surface area contributed by atoms with E-state index in [4.69, 9.17) is 76.5 Å². The molecule has 32 nitrogen and oxygen atoms in total. The smallest absolute Gasteiger partial charge is 0.355 e. The van der Waals surface area contributed by atoms with Crippen molar-refractivity contribution in [3.63, 3.8) is 0 Å². The first kappa shape index (κ1) is 102. The van der Waals surface area contributed by atoms with Crippen LogP contribution in [0.4, 0.5) is 8.78 Å². The van der Waals surface area contributed by atoms with Crippen molar-refractivity contribution in [2.24, 2.45) is 0 Å². The van der Waals surface area contributed by atoms with Gasteiger partial charge in [0.2, 0.25) is 59.0 Å². The van der Waals surface area contributed by atoms with Crippen molar-refractivity contribution in [3.05, 3.63) is 381 Å². The lowest BCUT2D eigenvalue weighted by Gasteiger charge is -2.07. The van der Waals surface area contributed by atoms with Gasteiger partial charge in [0, 0.05) is 79.8 Å². The minimum Gasteiger partial charge on any atom is -0.497 e. The van der Waals surface area contributed by atoms with Gasteiger partial charge in [-0.25, -0.2) is 88.1 Å². The third kappa shape index (κ3) is 22.7. The second-order valence-electron chi connectivity index (χ2n) is 29.8. The van der Waals surface area contributed by atoms with E-state index in [1.807, 2.05) is 13.0 Å². The number of halogens is 3. The van der Waals surface area contributed by atoms with Crippen LogP contribution in [-0.4, -0.2) is 100 Å². The van der Waals surface area contributed by atoms with Crippen molar-refractivity contribution in [3.8, 4) is 46.3 Å². The number of nitriles is 1. The minimum absolute atomic E-state index is 0.0107. The van der Waals surface area contributed by atoms with Crippen LogP contribution in [0, 0.1) is 36.8 Å². The number of benzene rings is 12. The molecule has 722 valence electrons. The Morgan fingerprint density at radius 3 is 0.773 bits per heavy atom. The number of aryl methyl sites for hydroxylation is 2. The zero-order valence-electron chi connectivity index (χ0n) is 74.8. The maximum Gasteiger partial charge on any atom is 0.355 e. The molecule has 6 aromatic heterocycles. The summed E-state index contributed by atoms with van der Waals surface area (Å²) in [6.45, 7) is 3.62. The van der Waals surface area contributed by atoms with E-state index >= 15 is 0 Å². The zero-order chi connectivity index (χ0) is 102. The fourth-order valence-electron chi connectivity index (χ4n) is 13.3. The quantitative estimate of drug-likeness (QED) is 0.0678. The zero-order valence-corrected chi connectivity index (χ0v) is 80.5. The number of sulfone groups is 6. The van der Waals surface area contributed by atoms with Crippen molar-refractivity contribution in [1.29, 1.82) is 5.26 Å². The summed E-state index contributed by atoms with van der Waals surface area (Å²) in [5, 5.41) is 12.0. The summed E-state index contributed by atoms with van der Waals surface area (Å²) in [6.07, 6.45) is 0. The summed E-state index contributed by atoms with van der Waals surface area (Å²) < 4.78 is 244. The van der Waals surface area contributed by atoms with Crippen LogP contribution in [0.15, 0.2) is 399 Å². The second-order valence-corrected chi connectivity index (χ2v) is 41.7. The third-order valence-electron chi connectivity index (χ3n) is 20.8. The highest BCUT2D eigenvalue weighted by Gasteiger charge is 2.31. The topological polar surface area (TPSA) is 474 Å². The van der Waals surface area contributed by atoms with Crippen molar-refractivity contribution >= 4 is 136 Å². The molecule has 12 aromatic carbocycles. The van der Waals surface area contributed by atoms with Gasteiger partial charge in [0.05, 0.1) is 90.8 Å². The Morgan fingerprint density at radius 2 is 0.496 bits per heavy atom.